The predicted molar refractivity (Wildman–Crippen MR) is 48.5 cm³/mol. The Hall–Kier alpha value is -1.02. The molecule has 0 N–H and O–H groups in total. The van der Waals surface area contributed by atoms with Crippen molar-refractivity contribution in [3.8, 4) is 0 Å². The fourth-order valence-electron chi connectivity index (χ4n) is 0.739. The fourth-order valence-corrected chi connectivity index (χ4v) is 0.865. The van der Waals surface area contributed by atoms with Crippen LogP contribution in [0.15, 0.2) is 24.3 Å². The van der Waals surface area contributed by atoms with Gasteiger partial charge in [-0.1, -0.05) is 18.5 Å². The maximum atomic E-state index is 10.9. The third-order valence-electron chi connectivity index (χ3n) is 1.38. The van der Waals surface area contributed by atoms with Crippen LogP contribution < -0.4 is 5.32 Å². The molecule has 1 rings (SSSR count). The van der Waals surface area contributed by atoms with Crippen LogP contribution in [0.2, 0.25) is 5.02 Å². The van der Waals surface area contributed by atoms with E-state index >= 15 is 0 Å². The summed E-state index contributed by atoms with van der Waals surface area (Å²) < 4.78 is 0. The Balaban J connectivity index is 2.64. The van der Waals surface area contributed by atoms with Gasteiger partial charge in [-0.3, -0.25) is 4.79 Å². The molecule has 1 aromatic rings. The average Bonchev–Trinajstić information content (AvgIpc) is 2.09. The lowest BCUT2D eigenvalue weighted by Crippen LogP contribution is -2.07. The van der Waals surface area contributed by atoms with E-state index in [9.17, 15) is 4.79 Å². The van der Waals surface area contributed by atoms with E-state index in [2.05, 4.69) is 5.32 Å². The number of hydrogen-bond acceptors (Lipinski definition) is 1. The molecular formula is C9H9ClNO. The minimum Gasteiger partial charge on any atom is -0.273 e. The van der Waals surface area contributed by atoms with Crippen molar-refractivity contribution >= 4 is 23.2 Å². The number of rotatable bonds is 2. The maximum Gasteiger partial charge on any atom is 0.245 e. The minimum absolute atomic E-state index is 0.114. The topological polar surface area (TPSA) is 31.2 Å². The van der Waals surface area contributed by atoms with Gasteiger partial charge < -0.3 is 0 Å². The van der Waals surface area contributed by atoms with E-state index in [1.54, 1.807) is 31.2 Å². The summed E-state index contributed by atoms with van der Waals surface area (Å²) in [4.78, 5) is 10.9. The van der Waals surface area contributed by atoms with Crippen molar-refractivity contribution in [2.24, 2.45) is 0 Å². The summed E-state index contributed by atoms with van der Waals surface area (Å²) in [6.45, 7) is 1.78. The molecule has 0 saturated heterocycles. The lowest BCUT2D eigenvalue weighted by molar-refractivity contribution is -0.119. The number of carbonyl (C=O) groups is 1. The molecule has 0 fully saturated rings. The number of hydrogen-bond donors (Lipinski definition) is 0. The second-order valence-electron chi connectivity index (χ2n) is 2.34. The van der Waals surface area contributed by atoms with E-state index in [1.807, 2.05) is 0 Å². The van der Waals surface area contributed by atoms with Crippen LogP contribution in [0.1, 0.15) is 13.3 Å². The summed E-state index contributed by atoms with van der Waals surface area (Å²) in [7, 11) is 0. The SMILES string of the molecule is CCC(=O)[N]c1ccc(Cl)cc1. The second kappa shape index (κ2) is 4.12. The van der Waals surface area contributed by atoms with Gasteiger partial charge in [0.15, 0.2) is 0 Å². The largest absolute Gasteiger partial charge is 0.273 e. The third kappa shape index (κ3) is 2.55. The molecule has 1 amide bonds. The summed E-state index contributed by atoms with van der Waals surface area (Å²) in [5.41, 5.74) is 0.659. The van der Waals surface area contributed by atoms with Gasteiger partial charge in [0, 0.05) is 11.4 Å². The Kier molecular flexibility index (Phi) is 3.11. The zero-order valence-electron chi connectivity index (χ0n) is 6.75. The molecule has 2 nitrogen and oxygen atoms in total. The average molecular weight is 183 g/mol. The Labute approximate surface area is 76.5 Å². The fraction of sp³-hybridized carbons (Fsp3) is 0.222. The summed E-state index contributed by atoms with van der Waals surface area (Å²) >= 11 is 5.66. The zero-order chi connectivity index (χ0) is 8.97. The molecule has 0 bridgehead atoms. The Bertz CT molecular complexity index is 268. The van der Waals surface area contributed by atoms with Crippen molar-refractivity contribution in [3.63, 3.8) is 0 Å². The zero-order valence-corrected chi connectivity index (χ0v) is 7.51. The highest BCUT2D eigenvalue weighted by molar-refractivity contribution is 6.30. The van der Waals surface area contributed by atoms with Gasteiger partial charge in [-0.25, -0.2) is 5.32 Å². The van der Waals surface area contributed by atoms with Gasteiger partial charge in [0.1, 0.15) is 0 Å². The molecular weight excluding hydrogens is 174 g/mol. The van der Waals surface area contributed by atoms with E-state index in [0.29, 0.717) is 17.1 Å². The quantitative estimate of drug-likeness (QED) is 0.692. The van der Waals surface area contributed by atoms with Crippen LogP contribution in [0.5, 0.6) is 0 Å². The van der Waals surface area contributed by atoms with Gasteiger partial charge in [-0.15, -0.1) is 0 Å². The molecule has 0 aliphatic heterocycles. The summed E-state index contributed by atoms with van der Waals surface area (Å²) in [6.07, 6.45) is 0.433. The molecule has 0 atom stereocenters. The van der Waals surface area contributed by atoms with Crippen molar-refractivity contribution in [1.82, 2.24) is 5.32 Å². The third-order valence-corrected chi connectivity index (χ3v) is 1.63. The predicted octanol–water partition coefficient (Wildman–Crippen LogP) is 2.51. The molecule has 0 heterocycles. The lowest BCUT2D eigenvalue weighted by Gasteiger charge is -1.98. The highest BCUT2D eigenvalue weighted by Gasteiger charge is 1.99. The second-order valence-corrected chi connectivity index (χ2v) is 2.77. The summed E-state index contributed by atoms with van der Waals surface area (Å²) in [5, 5.41) is 4.47. The standard InChI is InChI=1S/C9H9ClNO/c1-2-9(12)11-8-5-3-7(10)4-6-8/h3-6H,2H2,1H3. The van der Waals surface area contributed by atoms with Crippen LogP contribution in [0.3, 0.4) is 0 Å². The maximum absolute atomic E-state index is 10.9. The highest BCUT2D eigenvalue weighted by Crippen LogP contribution is 2.13. The number of benzene rings is 1. The molecule has 0 aromatic heterocycles. The van der Waals surface area contributed by atoms with E-state index in [4.69, 9.17) is 11.6 Å². The van der Waals surface area contributed by atoms with Crippen molar-refractivity contribution in [2.45, 2.75) is 13.3 Å². The van der Waals surface area contributed by atoms with Crippen LogP contribution in [-0.2, 0) is 4.79 Å². The van der Waals surface area contributed by atoms with Crippen LogP contribution in [0, 0.1) is 0 Å². The van der Waals surface area contributed by atoms with Crippen LogP contribution in [0.25, 0.3) is 0 Å². The molecule has 63 valence electrons. The first kappa shape index (κ1) is 9.07. The van der Waals surface area contributed by atoms with Gasteiger partial charge in [-0.2, -0.15) is 0 Å². The van der Waals surface area contributed by atoms with Gasteiger partial charge in [-0.05, 0) is 24.3 Å². The number of nitrogens with zero attached hydrogens (tertiary/aromatic N) is 1. The molecule has 12 heavy (non-hydrogen) atoms. The molecule has 3 heteroatoms. The first-order valence-corrected chi connectivity index (χ1v) is 4.10. The molecule has 1 aromatic carbocycles. The van der Waals surface area contributed by atoms with E-state index in [1.165, 1.54) is 0 Å². The molecule has 1 radical (unpaired) electrons. The van der Waals surface area contributed by atoms with Gasteiger partial charge in [0.2, 0.25) is 5.91 Å². The minimum atomic E-state index is -0.114. The van der Waals surface area contributed by atoms with Crippen LogP contribution in [-0.4, -0.2) is 5.91 Å². The first-order valence-electron chi connectivity index (χ1n) is 3.72. The summed E-state index contributed by atoms with van der Waals surface area (Å²) in [5.74, 6) is -0.114. The molecule has 0 spiro atoms. The van der Waals surface area contributed by atoms with Gasteiger partial charge >= 0.3 is 0 Å². The smallest absolute Gasteiger partial charge is 0.245 e. The van der Waals surface area contributed by atoms with Crippen molar-refractivity contribution in [3.05, 3.63) is 29.3 Å². The molecule has 0 aliphatic carbocycles. The Morgan fingerprint density at radius 3 is 2.50 bits per heavy atom. The normalized spacial score (nSPS) is 9.50. The molecule has 0 unspecified atom stereocenters. The van der Waals surface area contributed by atoms with E-state index in [-0.39, 0.29) is 5.91 Å². The van der Waals surface area contributed by atoms with Crippen molar-refractivity contribution in [1.29, 1.82) is 0 Å². The van der Waals surface area contributed by atoms with Crippen molar-refractivity contribution in [2.75, 3.05) is 0 Å². The van der Waals surface area contributed by atoms with Crippen LogP contribution in [0.4, 0.5) is 5.69 Å². The highest BCUT2D eigenvalue weighted by atomic mass is 35.5. The van der Waals surface area contributed by atoms with Crippen LogP contribution >= 0.6 is 11.6 Å². The van der Waals surface area contributed by atoms with E-state index < -0.39 is 0 Å². The Morgan fingerprint density at radius 2 is 2.00 bits per heavy atom. The number of halogens is 1. The van der Waals surface area contributed by atoms with Crippen molar-refractivity contribution < 1.29 is 4.79 Å². The molecule has 0 saturated carbocycles. The Morgan fingerprint density at radius 1 is 1.42 bits per heavy atom. The van der Waals surface area contributed by atoms with E-state index in [0.717, 1.165) is 0 Å². The van der Waals surface area contributed by atoms with Gasteiger partial charge in [0.25, 0.3) is 0 Å². The summed E-state index contributed by atoms with van der Waals surface area (Å²) in [6, 6.07) is 6.86. The number of carbonyl (C=O) groups excluding carboxylic acids is 1. The first-order chi connectivity index (χ1) is 5.72. The van der Waals surface area contributed by atoms with Gasteiger partial charge in [0.05, 0.1) is 5.69 Å². The lowest BCUT2D eigenvalue weighted by atomic mass is 10.3. The number of amides is 1. The molecule has 0 aliphatic rings. The monoisotopic (exact) mass is 182 g/mol.